The third-order valence-corrected chi connectivity index (χ3v) is 2.24. The maximum atomic E-state index is 3.36. The zero-order valence-electron chi connectivity index (χ0n) is 8.30. The van der Waals surface area contributed by atoms with Crippen molar-refractivity contribution in [2.24, 2.45) is 5.92 Å². The smallest absolute Gasteiger partial charge is 0 e. The predicted molar refractivity (Wildman–Crippen MR) is 61.7 cm³/mol. The summed E-state index contributed by atoms with van der Waals surface area (Å²) in [5.41, 5.74) is 4.25. The van der Waals surface area contributed by atoms with Crippen LogP contribution in [0.1, 0.15) is 27.7 Å². The average Bonchev–Trinajstić information content (AvgIpc) is 1.98. The molecule has 0 aromatic heterocycles. The number of halogens is 3. The van der Waals surface area contributed by atoms with Crippen molar-refractivity contribution in [3.05, 3.63) is 22.8 Å². The van der Waals surface area contributed by atoms with Crippen molar-refractivity contribution in [1.82, 2.24) is 0 Å². The second kappa shape index (κ2) is 9.76. The first-order valence-corrected chi connectivity index (χ1v) is 3.40. The van der Waals surface area contributed by atoms with Crippen LogP contribution in [0.25, 0.3) is 0 Å². The maximum absolute atomic E-state index is 3.36. The molecule has 0 aromatic rings. The van der Waals surface area contributed by atoms with Crippen LogP contribution in [0.3, 0.4) is 0 Å². The van der Waals surface area contributed by atoms with Gasteiger partial charge in [0.1, 0.15) is 0 Å². The Balaban J connectivity index is -0.000000101. The van der Waals surface area contributed by atoms with E-state index in [-0.39, 0.29) is 63.1 Å². The average molecular weight is 409 g/mol. The summed E-state index contributed by atoms with van der Waals surface area (Å²) in [6.07, 6.45) is 3.36. The molecular weight excluding hydrogens is 393 g/mol. The van der Waals surface area contributed by atoms with Crippen molar-refractivity contribution in [3.8, 4) is 0 Å². The van der Waals surface area contributed by atoms with E-state index in [0.29, 0.717) is 5.92 Å². The standard InChI is InChI=1S/C9H13.3ClH.Hf/c1-6-5-7(2)9(4)8(6)3;;;;/h6H,1-4H3;3*1H;/q-1;;;;. The third kappa shape index (κ3) is 5.61. The molecule has 4 heteroatoms. The van der Waals surface area contributed by atoms with Crippen molar-refractivity contribution in [2.45, 2.75) is 27.7 Å². The largest absolute Gasteiger partial charge is 0.266 e. The molecule has 0 fully saturated rings. The molecule has 1 rings (SSSR count). The van der Waals surface area contributed by atoms with E-state index in [1.165, 1.54) is 16.7 Å². The second-order valence-electron chi connectivity index (χ2n) is 2.80. The van der Waals surface area contributed by atoms with Gasteiger partial charge in [-0.2, -0.15) is 11.1 Å². The first-order chi connectivity index (χ1) is 4.13. The number of hydrogen-bond donors (Lipinski definition) is 0. The summed E-state index contributed by atoms with van der Waals surface area (Å²) in [6.45, 7) is 8.67. The molecule has 0 aliphatic heterocycles. The Morgan fingerprint density at radius 2 is 1.38 bits per heavy atom. The Morgan fingerprint density at radius 1 is 1.00 bits per heavy atom. The molecule has 0 radical (unpaired) electrons. The van der Waals surface area contributed by atoms with Crippen LogP contribution < -0.4 is 0 Å². The van der Waals surface area contributed by atoms with Gasteiger partial charge in [-0.3, -0.25) is 6.08 Å². The number of rotatable bonds is 0. The van der Waals surface area contributed by atoms with Gasteiger partial charge < -0.3 is 0 Å². The molecule has 1 aliphatic carbocycles. The molecule has 1 unspecified atom stereocenters. The van der Waals surface area contributed by atoms with Crippen molar-refractivity contribution < 1.29 is 25.8 Å². The topological polar surface area (TPSA) is 0 Å². The van der Waals surface area contributed by atoms with Gasteiger partial charge in [0.25, 0.3) is 0 Å². The van der Waals surface area contributed by atoms with Crippen LogP contribution in [0.15, 0.2) is 16.7 Å². The van der Waals surface area contributed by atoms with Gasteiger partial charge in [-0.25, -0.2) is 5.57 Å². The van der Waals surface area contributed by atoms with E-state index < -0.39 is 0 Å². The summed E-state index contributed by atoms with van der Waals surface area (Å²) >= 11 is 0. The van der Waals surface area contributed by atoms with Crippen LogP contribution in [0.2, 0.25) is 0 Å². The molecule has 1 aliphatic rings. The molecular formula is C9H16Cl3Hf-. The fourth-order valence-electron chi connectivity index (χ4n) is 1.16. The van der Waals surface area contributed by atoms with E-state index in [2.05, 4.69) is 33.8 Å². The number of hydrogen-bond acceptors (Lipinski definition) is 0. The maximum Gasteiger partial charge on any atom is 0 e. The Kier molecular flexibility index (Phi) is 17.9. The van der Waals surface area contributed by atoms with Crippen LogP contribution in [0, 0.1) is 12.0 Å². The fourth-order valence-corrected chi connectivity index (χ4v) is 1.16. The summed E-state index contributed by atoms with van der Waals surface area (Å²) in [4.78, 5) is 0. The predicted octanol–water partition coefficient (Wildman–Crippen LogP) is 3.98. The van der Waals surface area contributed by atoms with E-state index in [1.54, 1.807) is 0 Å². The van der Waals surface area contributed by atoms with E-state index >= 15 is 0 Å². The summed E-state index contributed by atoms with van der Waals surface area (Å²) < 4.78 is 0. The van der Waals surface area contributed by atoms with E-state index in [1.807, 2.05) is 0 Å². The monoisotopic (exact) mass is 409 g/mol. The molecule has 0 amide bonds. The molecule has 0 saturated heterocycles. The molecule has 78 valence electrons. The molecule has 0 aromatic carbocycles. The zero-order chi connectivity index (χ0) is 7.02. The molecule has 13 heavy (non-hydrogen) atoms. The van der Waals surface area contributed by atoms with E-state index in [0.717, 1.165) is 0 Å². The molecule has 0 saturated carbocycles. The fraction of sp³-hybridized carbons (Fsp3) is 0.556. The van der Waals surface area contributed by atoms with Gasteiger partial charge in [0.05, 0.1) is 0 Å². The van der Waals surface area contributed by atoms with Gasteiger partial charge in [-0.1, -0.05) is 26.7 Å². The van der Waals surface area contributed by atoms with Gasteiger partial charge in [-0.05, 0) is 0 Å². The van der Waals surface area contributed by atoms with Crippen molar-refractivity contribution in [3.63, 3.8) is 0 Å². The molecule has 0 bridgehead atoms. The van der Waals surface area contributed by atoms with E-state index in [9.17, 15) is 0 Å². The minimum Gasteiger partial charge on any atom is -0.266 e. The van der Waals surface area contributed by atoms with Crippen LogP contribution in [0.5, 0.6) is 0 Å². The summed E-state index contributed by atoms with van der Waals surface area (Å²) in [5.74, 6) is 0.560. The molecule has 0 nitrogen and oxygen atoms in total. The summed E-state index contributed by atoms with van der Waals surface area (Å²) in [6, 6.07) is 0. The molecule has 0 N–H and O–H groups in total. The summed E-state index contributed by atoms with van der Waals surface area (Å²) in [7, 11) is 0. The van der Waals surface area contributed by atoms with Crippen molar-refractivity contribution in [2.75, 3.05) is 0 Å². The SMILES string of the molecule is CC1=[C-]C(C)C(C)=C1C.Cl.Cl.Cl.[Hf]. The zero-order valence-corrected chi connectivity index (χ0v) is 14.3. The van der Waals surface area contributed by atoms with Crippen LogP contribution in [0.4, 0.5) is 0 Å². The molecule has 0 spiro atoms. The van der Waals surface area contributed by atoms with E-state index in [4.69, 9.17) is 0 Å². The Labute approximate surface area is 119 Å². The minimum atomic E-state index is 0. The Morgan fingerprint density at radius 3 is 1.46 bits per heavy atom. The minimum absolute atomic E-state index is 0. The van der Waals surface area contributed by atoms with Crippen molar-refractivity contribution in [1.29, 1.82) is 0 Å². The Hall–Kier alpha value is 1.22. The van der Waals surface area contributed by atoms with Gasteiger partial charge in [0.15, 0.2) is 0 Å². The molecule has 1 atom stereocenters. The van der Waals surface area contributed by atoms with Gasteiger partial charge in [0, 0.05) is 25.8 Å². The van der Waals surface area contributed by atoms with Gasteiger partial charge in [0.2, 0.25) is 0 Å². The normalized spacial score (nSPS) is 18.8. The second-order valence-corrected chi connectivity index (χ2v) is 2.80. The number of allylic oxidation sites excluding steroid dienone is 4. The first-order valence-electron chi connectivity index (χ1n) is 3.40. The van der Waals surface area contributed by atoms with Gasteiger partial charge >= 0.3 is 0 Å². The summed E-state index contributed by atoms with van der Waals surface area (Å²) in [5, 5.41) is 0. The Bertz CT molecular complexity index is 197. The first kappa shape index (κ1) is 23.8. The molecule has 0 heterocycles. The van der Waals surface area contributed by atoms with Gasteiger partial charge in [-0.15, -0.1) is 44.1 Å². The van der Waals surface area contributed by atoms with Crippen LogP contribution in [-0.2, 0) is 25.8 Å². The quantitative estimate of drug-likeness (QED) is 0.420. The van der Waals surface area contributed by atoms with Crippen LogP contribution in [-0.4, -0.2) is 0 Å². The third-order valence-electron chi connectivity index (χ3n) is 2.24. The van der Waals surface area contributed by atoms with Crippen LogP contribution >= 0.6 is 37.2 Å². The van der Waals surface area contributed by atoms with Crippen molar-refractivity contribution >= 4 is 37.2 Å².